The van der Waals surface area contributed by atoms with Gasteiger partial charge in [-0.1, -0.05) is 6.07 Å². The van der Waals surface area contributed by atoms with Crippen LogP contribution in [0.25, 0.3) is 28.2 Å². The Morgan fingerprint density at radius 1 is 1.09 bits per heavy atom. The Balaban J connectivity index is 0.000000429. The van der Waals surface area contributed by atoms with Crippen molar-refractivity contribution in [3.05, 3.63) is 60.2 Å². The van der Waals surface area contributed by atoms with E-state index in [1.807, 2.05) is 30.5 Å². The minimum atomic E-state index is -5.08. The van der Waals surface area contributed by atoms with Crippen molar-refractivity contribution in [2.24, 2.45) is 0 Å². The number of aliphatic carboxylic acids is 1. The van der Waals surface area contributed by atoms with Gasteiger partial charge in [0.2, 0.25) is 0 Å². The first-order chi connectivity index (χ1) is 16.2. The first-order valence-electron chi connectivity index (χ1n) is 9.86. The van der Waals surface area contributed by atoms with E-state index < -0.39 is 22.0 Å². The average Bonchev–Trinajstić information content (AvgIpc) is 3.18. The van der Waals surface area contributed by atoms with E-state index in [-0.39, 0.29) is 4.90 Å². The number of pyridine rings is 1. The third kappa shape index (κ3) is 5.57. The van der Waals surface area contributed by atoms with Crippen molar-refractivity contribution in [1.82, 2.24) is 19.4 Å². The van der Waals surface area contributed by atoms with E-state index in [4.69, 9.17) is 15.6 Å². The first-order valence-corrected chi connectivity index (χ1v) is 11.7. The Morgan fingerprint density at radius 2 is 1.74 bits per heavy atom. The Hall–Kier alpha value is -4.00. The van der Waals surface area contributed by atoms with Crippen molar-refractivity contribution in [3.8, 4) is 22.5 Å². The molecule has 0 saturated carbocycles. The fourth-order valence-corrected chi connectivity index (χ4v) is 3.86. The summed E-state index contributed by atoms with van der Waals surface area (Å²) in [7, 11) is -3.33. The summed E-state index contributed by atoms with van der Waals surface area (Å²) >= 11 is 0. The van der Waals surface area contributed by atoms with Gasteiger partial charge >= 0.3 is 12.1 Å². The molecular formula is C22H20F3N5O4S. The van der Waals surface area contributed by atoms with Crippen molar-refractivity contribution in [2.75, 3.05) is 12.0 Å². The van der Waals surface area contributed by atoms with Crippen molar-refractivity contribution in [1.29, 1.82) is 0 Å². The van der Waals surface area contributed by atoms with Gasteiger partial charge in [0.15, 0.2) is 21.3 Å². The maximum Gasteiger partial charge on any atom is 0.490 e. The highest BCUT2D eigenvalue weighted by Gasteiger charge is 2.38. The van der Waals surface area contributed by atoms with Crippen LogP contribution in [0.3, 0.4) is 0 Å². The molecule has 3 N–H and O–H groups in total. The van der Waals surface area contributed by atoms with Crippen LogP contribution in [0.1, 0.15) is 11.1 Å². The molecule has 0 amide bonds. The van der Waals surface area contributed by atoms with E-state index in [0.29, 0.717) is 17.2 Å². The number of nitrogen functional groups attached to an aromatic ring is 1. The third-order valence-corrected chi connectivity index (χ3v) is 6.08. The summed E-state index contributed by atoms with van der Waals surface area (Å²) < 4.78 is 57.6. The standard InChI is InChI=1S/C20H19N5O2S.C2HF3O2/c1-12-4-5-14(28(3,26)27)8-16(12)18-10-23-20-19(21)24-17(11-25(18)20)15-6-7-22-9-13(15)2;3-2(4,5)1(6)7/h4-11H,1-3H3,(H2,21,24);(H,6,7). The topological polar surface area (TPSA) is 141 Å². The molecule has 35 heavy (non-hydrogen) atoms. The van der Waals surface area contributed by atoms with Gasteiger partial charge in [-0.3, -0.25) is 9.38 Å². The normalized spacial score (nSPS) is 11.7. The first kappa shape index (κ1) is 25.6. The molecule has 0 aliphatic carbocycles. The van der Waals surface area contributed by atoms with Gasteiger partial charge in [-0.05, 0) is 43.2 Å². The van der Waals surface area contributed by atoms with Crippen LogP contribution in [-0.2, 0) is 14.6 Å². The number of aryl methyl sites for hydroxylation is 2. The molecule has 0 aliphatic rings. The number of fused-ring (bicyclic) bond motifs is 1. The van der Waals surface area contributed by atoms with Crippen LogP contribution in [0.15, 0.2) is 53.9 Å². The third-order valence-electron chi connectivity index (χ3n) is 4.97. The van der Waals surface area contributed by atoms with Gasteiger partial charge in [0.1, 0.15) is 0 Å². The molecule has 1 aromatic carbocycles. The molecule has 0 saturated heterocycles. The lowest BCUT2D eigenvalue weighted by Crippen LogP contribution is -2.21. The van der Waals surface area contributed by atoms with Gasteiger partial charge in [0.25, 0.3) is 0 Å². The number of alkyl halides is 3. The number of carboxylic acid groups (broad SMARTS) is 1. The maximum atomic E-state index is 12.0. The predicted octanol–water partition coefficient (Wildman–Crippen LogP) is 3.69. The van der Waals surface area contributed by atoms with Crippen LogP contribution in [0.2, 0.25) is 0 Å². The van der Waals surface area contributed by atoms with Gasteiger partial charge in [0.05, 0.1) is 22.5 Å². The van der Waals surface area contributed by atoms with Crippen molar-refractivity contribution < 1.29 is 31.5 Å². The number of carboxylic acids is 1. The SMILES string of the molecule is Cc1cnccc1-c1cn2c(-c3cc(S(C)(=O)=O)ccc3C)cnc2c(N)n1.O=C(O)C(F)(F)F. The number of hydrogen-bond donors (Lipinski definition) is 2. The fourth-order valence-electron chi connectivity index (χ4n) is 3.21. The number of carbonyl (C=O) groups is 1. The minimum Gasteiger partial charge on any atom is -0.475 e. The minimum absolute atomic E-state index is 0.260. The molecule has 0 unspecified atom stereocenters. The van der Waals surface area contributed by atoms with Crippen molar-refractivity contribution in [3.63, 3.8) is 0 Å². The second kappa shape index (κ2) is 9.33. The zero-order valence-corrected chi connectivity index (χ0v) is 19.5. The van der Waals surface area contributed by atoms with Crippen LogP contribution < -0.4 is 5.73 Å². The number of benzene rings is 1. The molecule has 0 spiro atoms. The van der Waals surface area contributed by atoms with E-state index in [0.717, 1.165) is 27.9 Å². The molecule has 4 rings (SSSR count). The number of halogens is 3. The fraction of sp³-hybridized carbons (Fsp3) is 0.182. The van der Waals surface area contributed by atoms with Crippen LogP contribution in [0.5, 0.6) is 0 Å². The lowest BCUT2D eigenvalue weighted by atomic mass is 10.1. The molecule has 0 atom stereocenters. The highest BCUT2D eigenvalue weighted by atomic mass is 32.2. The molecule has 3 aromatic heterocycles. The van der Waals surface area contributed by atoms with Gasteiger partial charge in [-0.2, -0.15) is 13.2 Å². The Bertz CT molecular complexity index is 1530. The molecule has 9 nitrogen and oxygen atoms in total. The molecule has 4 aromatic rings. The number of aromatic nitrogens is 4. The Kier molecular flexibility index (Phi) is 6.83. The second-order valence-corrected chi connectivity index (χ2v) is 9.61. The van der Waals surface area contributed by atoms with E-state index in [1.165, 1.54) is 6.26 Å². The lowest BCUT2D eigenvalue weighted by Gasteiger charge is -2.11. The molecule has 184 valence electrons. The van der Waals surface area contributed by atoms with Crippen LogP contribution >= 0.6 is 0 Å². The summed E-state index contributed by atoms with van der Waals surface area (Å²) in [5.74, 6) is -2.45. The smallest absolute Gasteiger partial charge is 0.475 e. The van der Waals surface area contributed by atoms with Crippen LogP contribution in [-0.4, -0.2) is 51.3 Å². The highest BCUT2D eigenvalue weighted by Crippen LogP contribution is 2.30. The van der Waals surface area contributed by atoms with Crippen molar-refractivity contribution >= 4 is 27.3 Å². The average molecular weight is 507 g/mol. The molecule has 0 radical (unpaired) electrons. The van der Waals surface area contributed by atoms with E-state index >= 15 is 0 Å². The highest BCUT2D eigenvalue weighted by molar-refractivity contribution is 7.90. The van der Waals surface area contributed by atoms with E-state index in [2.05, 4.69) is 15.0 Å². The van der Waals surface area contributed by atoms with Gasteiger partial charge < -0.3 is 10.8 Å². The summed E-state index contributed by atoms with van der Waals surface area (Å²) in [6.45, 7) is 3.89. The number of hydrogen-bond acceptors (Lipinski definition) is 7. The van der Waals surface area contributed by atoms with Gasteiger partial charge in [-0.15, -0.1) is 0 Å². The maximum absolute atomic E-state index is 12.0. The number of sulfone groups is 1. The summed E-state index contributed by atoms with van der Waals surface area (Å²) in [6, 6.07) is 6.96. The molecule has 0 aliphatic heterocycles. The number of anilines is 1. The van der Waals surface area contributed by atoms with E-state index in [9.17, 15) is 21.6 Å². The molecule has 3 heterocycles. The second-order valence-electron chi connectivity index (χ2n) is 7.59. The summed E-state index contributed by atoms with van der Waals surface area (Å²) in [5, 5.41) is 7.12. The summed E-state index contributed by atoms with van der Waals surface area (Å²) in [6.07, 6.45) is 3.14. The quantitative estimate of drug-likeness (QED) is 0.428. The molecule has 0 fully saturated rings. The summed E-state index contributed by atoms with van der Waals surface area (Å²) in [5.41, 5.74) is 11.7. The van der Waals surface area contributed by atoms with Crippen LogP contribution in [0, 0.1) is 13.8 Å². The largest absolute Gasteiger partial charge is 0.490 e. The number of imidazole rings is 1. The Labute approximate surface area is 198 Å². The monoisotopic (exact) mass is 507 g/mol. The zero-order chi connectivity index (χ0) is 26.1. The zero-order valence-electron chi connectivity index (χ0n) is 18.7. The predicted molar refractivity (Wildman–Crippen MR) is 122 cm³/mol. The summed E-state index contributed by atoms with van der Waals surface area (Å²) in [4.78, 5) is 22.2. The van der Waals surface area contributed by atoms with Gasteiger partial charge in [-0.25, -0.2) is 23.2 Å². The number of rotatable bonds is 3. The molecule has 13 heteroatoms. The number of nitrogens with two attached hydrogens (primary N) is 1. The van der Waals surface area contributed by atoms with E-state index in [1.54, 1.807) is 36.8 Å². The Morgan fingerprint density at radius 3 is 2.31 bits per heavy atom. The molecular weight excluding hydrogens is 487 g/mol. The number of nitrogens with zero attached hydrogens (tertiary/aromatic N) is 4. The van der Waals surface area contributed by atoms with Crippen LogP contribution in [0.4, 0.5) is 19.0 Å². The van der Waals surface area contributed by atoms with Gasteiger partial charge in [0, 0.05) is 36.0 Å². The van der Waals surface area contributed by atoms with Crippen molar-refractivity contribution in [2.45, 2.75) is 24.9 Å². The lowest BCUT2D eigenvalue weighted by molar-refractivity contribution is -0.192. The molecule has 0 bridgehead atoms.